The van der Waals surface area contributed by atoms with Crippen molar-refractivity contribution < 1.29 is 13.6 Å². The number of aliphatic imine (C=N–C) groups is 1. The highest BCUT2D eigenvalue weighted by Crippen LogP contribution is 2.15. The predicted octanol–water partition coefficient (Wildman–Crippen LogP) is 2.35. The van der Waals surface area contributed by atoms with Crippen molar-refractivity contribution in [3.8, 4) is 0 Å². The highest BCUT2D eigenvalue weighted by atomic mass is 19.2. The van der Waals surface area contributed by atoms with Crippen LogP contribution in [-0.2, 0) is 4.79 Å². The Morgan fingerprint density at radius 2 is 1.79 bits per heavy atom. The number of hydrogen-bond donors (Lipinski definition) is 3. The van der Waals surface area contributed by atoms with Gasteiger partial charge in [-0.05, 0) is 24.6 Å². The van der Waals surface area contributed by atoms with E-state index in [0.29, 0.717) is 24.6 Å². The van der Waals surface area contributed by atoms with E-state index in [1.807, 2.05) is 27.7 Å². The molecule has 0 saturated carbocycles. The molecule has 0 spiro atoms. The number of nitrogens with zero attached hydrogens (tertiary/aromatic N) is 1. The lowest BCUT2D eigenvalue weighted by Crippen LogP contribution is -2.44. The summed E-state index contributed by atoms with van der Waals surface area (Å²) >= 11 is 0. The molecule has 1 aromatic carbocycles. The number of halogens is 2. The zero-order chi connectivity index (χ0) is 18.3. The van der Waals surface area contributed by atoms with Crippen molar-refractivity contribution in [3.05, 3.63) is 35.4 Å². The molecule has 1 atom stereocenters. The molecule has 0 heterocycles. The second kappa shape index (κ2) is 8.61. The quantitative estimate of drug-likeness (QED) is 0.438. The van der Waals surface area contributed by atoms with E-state index in [2.05, 4.69) is 20.9 Å². The molecule has 0 aliphatic heterocycles. The van der Waals surface area contributed by atoms with Crippen molar-refractivity contribution in [1.29, 1.82) is 0 Å². The van der Waals surface area contributed by atoms with Gasteiger partial charge in [-0.3, -0.25) is 9.79 Å². The Bertz CT molecular complexity index is 597. The van der Waals surface area contributed by atoms with Crippen LogP contribution in [0.5, 0.6) is 0 Å². The van der Waals surface area contributed by atoms with Gasteiger partial charge in [0.2, 0.25) is 5.91 Å². The summed E-state index contributed by atoms with van der Waals surface area (Å²) in [5.41, 5.74) is 0.180. The zero-order valence-corrected chi connectivity index (χ0v) is 14.8. The number of carbonyl (C=O) groups is 1. The van der Waals surface area contributed by atoms with Crippen LogP contribution in [0.3, 0.4) is 0 Å². The van der Waals surface area contributed by atoms with Crippen molar-refractivity contribution in [1.82, 2.24) is 16.0 Å². The van der Waals surface area contributed by atoms with E-state index in [4.69, 9.17) is 0 Å². The van der Waals surface area contributed by atoms with Crippen LogP contribution < -0.4 is 16.0 Å². The average molecular weight is 340 g/mol. The second-order valence-electron chi connectivity index (χ2n) is 6.54. The van der Waals surface area contributed by atoms with Gasteiger partial charge in [-0.15, -0.1) is 0 Å². The maximum atomic E-state index is 13.3. The predicted molar refractivity (Wildman–Crippen MR) is 91.7 cm³/mol. The van der Waals surface area contributed by atoms with E-state index in [9.17, 15) is 13.6 Å². The lowest BCUT2D eigenvalue weighted by molar-refractivity contribution is -0.128. The van der Waals surface area contributed by atoms with E-state index >= 15 is 0 Å². The number of carbonyl (C=O) groups excluding carboxylic acids is 1. The van der Waals surface area contributed by atoms with Gasteiger partial charge in [0.25, 0.3) is 0 Å². The first-order chi connectivity index (χ1) is 11.1. The summed E-state index contributed by atoms with van der Waals surface area (Å²) in [4.78, 5) is 15.8. The Labute approximate surface area is 141 Å². The van der Waals surface area contributed by atoms with Crippen LogP contribution in [0.4, 0.5) is 8.78 Å². The van der Waals surface area contributed by atoms with Crippen LogP contribution >= 0.6 is 0 Å². The summed E-state index contributed by atoms with van der Waals surface area (Å²) in [6, 6.07) is 3.52. The van der Waals surface area contributed by atoms with Gasteiger partial charge < -0.3 is 16.0 Å². The fraction of sp³-hybridized carbons (Fsp3) is 0.529. The molecule has 0 aromatic heterocycles. The summed E-state index contributed by atoms with van der Waals surface area (Å²) < 4.78 is 26.3. The van der Waals surface area contributed by atoms with Crippen molar-refractivity contribution in [2.24, 2.45) is 10.4 Å². The second-order valence-corrected chi connectivity index (χ2v) is 6.54. The van der Waals surface area contributed by atoms with Gasteiger partial charge in [0.15, 0.2) is 17.6 Å². The highest BCUT2D eigenvalue weighted by Gasteiger charge is 2.20. The summed E-state index contributed by atoms with van der Waals surface area (Å²) in [5, 5.41) is 8.97. The van der Waals surface area contributed by atoms with Crippen LogP contribution in [0, 0.1) is 17.0 Å². The first-order valence-electron chi connectivity index (χ1n) is 7.85. The maximum absolute atomic E-state index is 13.3. The molecular formula is C17H26F2N4O. The third-order valence-electron chi connectivity index (χ3n) is 3.40. The third kappa shape index (κ3) is 6.14. The van der Waals surface area contributed by atoms with E-state index in [1.165, 1.54) is 6.07 Å². The van der Waals surface area contributed by atoms with Crippen molar-refractivity contribution in [2.45, 2.75) is 33.7 Å². The van der Waals surface area contributed by atoms with E-state index in [1.54, 1.807) is 7.05 Å². The summed E-state index contributed by atoms with van der Waals surface area (Å²) in [7, 11) is 1.61. The molecule has 0 bridgehead atoms. The molecular weight excluding hydrogens is 314 g/mol. The fourth-order valence-corrected chi connectivity index (χ4v) is 1.89. The zero-order valence-electron chi connectivity index (χ0n) is 14.8. The van der Waals surface area contributed by atoms with Crippen LogP contribution in [0.25, 0.3) is 0 Å². The minimum absolute atomic E-state index is 0.0256. The Morgan fingerprint density at radius 3 is 2.33 bits per heavy atom. The van der Waals surface area contributed by atoms with Gasteiger partial charge in [-0.2, -0.15) is 0 Å². The smallest absolute Gasteiger partial charge is 0.225 e. The Kier molecular flexibility index (Phi) is 7.13. The molecule has 1 aromatic rings. The summed E-state index contributed by atoms with van der Waals surface area (Å²) in [6.07, 6.45) is 0. The molecule has 0 aliphatic rings. The lowest BCUT2D eigenvalue weighted by atomic mass is 9.96. The number of amides is 1. The molecule has 24 heavy (non-hydrogen) atoms. The molecule has 1 unspecified atom stereocenters. The van der Waals surface area contributed by atoms with Crippen LogP contribution in [-0.4, -0.2) is 32.0 Å². The SMILES string of the molecule is CN=C(NCCNC(=O)C(C)(C)C)NC(C)c1ccc(F)c(F)c1. The third-order valence-corrected chi connectivity index (χ3v) is 3.40. The monoisotopic (exact) mass is 340 g/mol. The van der Waals surface area contributed by atoms with Crippen LogP contribution in [0.2, 0.25) is 0 Å². The van der Waals surface area contributed by atoms with E-state index < -0.39 is 17.0 Å². The van der Waals surface area contributed by atoms with Gasteiger partial charge in [0.05, 0.1) is 6.04 Å². The molecule has 0 aliphatic carbocycles. The molecule has 1 rings (SSSR count). The normalized spacial score (nSPS) is 13.4. The van der Waals surface area contributed by atoms with Crippen molar-refractivity contribution >= 4 is 11.9 Å². The van der Waals surface area contributed by atoms with E-state index in [-0.39, 0.29) is 11.9 Å². The summed E-state index contributed by atoms with van der Waals surface area (Å²) in [6.45, 7) is 8.31. The molecule has 134 valence electrons. The molecule has 1 amide bonds. The van der Waals surface area contributed by atoms with Gasteiger partial charge in [0.1, 0.15) is 0 Å². The molecule has 3 N–H and O–H groups in total. The molecule has 5 nitrogen and oxygen atoms in total. The van der Waals surface area contributed by atoms with Crippen molar-refractivity contribution in [3.63, 3.8) is 0 Å². The first-order valence-corrected chi connectivity index (χ1v) is 7.85. The van der Waals surface area contributed by atoms with Gasteiger partial charge in [0, 0.05) is 25.6 Å². The summed E-state index contributed by atoms with van der Waals surface area (Å²) in [5.74, 6) is -1.27. The fourth-order valence-electron chi connectivity index (χ4n) is 1.89. The van der Waals surface area contributed by atoms with Crippen LogP contribution in [0.1, 0.15) is 39.3 Å². The largest absolute Gasteiger partial charge is 0.355 e. The molecule has 0 fully saturated rings. The Hall–Kier alpha value is -2.18. The van der Waals surface area contributed by atoms with Crippen LogP contribution in [0.15, 0.2) is 23.2 Å². The molecule has 0 saturated heterocycles. The molecule has 0 radical (unpaired) electrons. The average Bonchev–Trinajstić information content (AvgIpc) is 2.51. The van der Waals surface area contributed by atoms with Gasteiger partial charge >= 0.3 is 0 Å². The number of guanidine groups is 1. The van der Waals surface area contributed by atoms with Gasteiger partial charge in [-0.25, -0.2) is 8.78 Å². The Balaban J connectivity index is 2.47. The minimum Gasteiger partial charge on any atom is -0.355 e. The standard InChI is InChI=1S/C17H26F2N4O/c1-11(12-6-7-13(18)14(19)10-12)23-16(20-5)22-9-8-21-15(24)17(2,3)4/h6-7,10-11H,8-9H2,1-5H3,(H,21,24)(H2,20,22,23). The highest BCUT2D eigenvalue weighted by molar-refractivity contribution is 5.82. The lowest BCUT2D eigenvalue weighted by Gasteiger charge is -2.20. The van der Waals surface area contributed by atoms with Crippen molar-refractivity contribution in [2.75, 3.05) is 20.1 Å². The number of benzene rings is 1. The Morgan fingerprint density at radius 1 is 1.17 bits per heavy atom. The van der Waals surface area contributed by atoms with E-state index in [0.717, 1.165) is 12.1 Å². The first kappa shape index (κ1) is 19.9. The number of hydrogen-bond acceptors (Lipinski definition) is 2. The minimum atomic E-state index is -0.881. The number of nitrogens with one attached hydrogen (secondary N) is 3. The topological polar surface area (TPSA) is 65.5 Å². The maximum Gasteiger partial charge on any atom is 0.225 e. The van der Waals surface area contributed by atoms with Gasteiger partial charge in [-0.1, -0.05) is 26.8 Å². The molecule has 7 heteroatoms. The number of rotatable bonds is 5.